The van der Waals surface area contributed by atoms with Gasteiger partial charge in [0.1, 0.15) is 0 Å². The summed E-state index contributed by atoms with van der Waals surface area (Å²) in [5.41, 5.74) is 12.4. The van der Waals surface area contributed by atoms with Crippen LogP contribution in [0.25, 0.3) is 0 Å². The highest BCUT2D eigenvalue weighted by Gasteiger charge is 2.10. The van der Waals surface area contributed by atoms with Gasteiger partial charge in [0.25, 0.3) is 0 Å². The van der Waals surface area contributed by atoms with Gasteiger partial charge in [-0.25, -0.2) is 0 Å². The molecule has 0 aliphatic rings. The number of nitrogen functional groups attached to an aromatic ring is 1. The fourth-order valence-electron chi connectivity index (χ4n) is 1.33. The van der Waals surface area contributed by atoms with Crippen molar-refractivity contribution in [3.05, 3.63) is 23.8 Å². The Bertz CT molecular complexity index is 405. The number of anilines is 2. The average Bonchev–Trinajstić information content (AvgIpc) is 2.26. The molecule has 1 unspecified atom stereocenters. The van der Waals surface area contributed by atoms with Gasteiger partial charge in [-0.05, 0) is 24.1 Å². The molecular formula is C12H19N3O2. The molecule has 6 N–H and O–H groups in total. The van der Waals surface area contributed by atoms with E-state index in [-0.39, 0.29) is 5.92 Å². The first-order chi connectivity index (χ1) is 7.91. The lowest BCUT2D eigenvalue weighted by Gasteiger charge is -2.17. The topological polar surface area (TPSA) is 101 Å². The van der Waals surface area contributed by atoms with E-state index in [1.54, 1.807) is 12.1 Å². The lowest BCUT2D eigenvalue weighted by atomic mass is 10.1. The van der Waals surface area contributed by atoms with Crippen LogP contribution in [0.1, 0.15) is 24.2 Å². The molecule has 0 spiro atoms. The number of carbonyl (C=O) groups is 1. The van der Waals surface area contributed by atoms with Crippen molar-refractivity contribution in [3.63, 3.8) is 0 Å². The average molecular weight is 237 g/mol. The second-order valence-corrected chi connectivity index (χ2v) is 4.36. The Morgan fingerprint density at radius 3 is 2.59 bits per heavy atom. The Hall–Kier alpha value is -1.75. The molecule has 1 aromatic carbocycles. The summed E-state index contributed by atoms with van der Waals surface area (Å²) < 4.78 is 0. The first-order valence-corrected chi connectivity index (χ1v) is 5.53. The number of aliphatic hydroxyl groups is 1. The molecule has 94 valence electrons. The first kappa shape index (κ1) is 13.3. The predicted octanol–water partition coefficient (Wildman–Crippen LogP) is 0.796. The third kappa shape index (κ3) is 3.64. The highest BCUT2D eigenvalue weighted by Crippen LogP contribution is 2.20. The van der Waals surface area contributed by atoms with Gasteiger partial charge in [0.15, 0.2) is 0 Å². The van der Waals surface area contributed by atoms with Crippen LogP contribution in [0.2, 0.25) is 0 Å². The smallest absolute Gasteiger partial charge is 0.248 e. The number of primary amides is 1. The summed E-state index contributed by atoms with van der Waals surface area (Å²) in [6.07, 6.45) is -0.440. The van der Waals surface area contributed by atoms with Crippen LogP contribution in [0.15, 0.2) is 18.2 Å². The normalized spacial score (nSPS) is 12.5. The minimum Gasteiger partial charge on any atom is -0.397 e. The number of benzene rings is 1. The Morgan fingerprint density at radius 2 is 2.12 bits per heavy atom. The van der Waals surface area contributed by atoms with Crippen LogP contribution in [0, 0.1) is 5.92 Å². The molecular weight excluding hydrogens is 218 g/mol. The number of rotatable bonds is 5. The maximum Gasteiger partial charge on any atom is 0.248 e. The van der Waals surface area contributed by atoms with Gasteiger partial charge in [-0.1, -0.05) is 13.8 Å². The number of nitrogens with two attached hydrogens (primary N) is 2. The number of hydrogen-bond acceptors (Lipinski definition) is 4. The van der Waals surface area contributed by atoms with Crippen molar-refractivity contribution in [3.8, 4) is 0 Å². The molecule has 1 rings (SSSR count). The molecule has 0 heterocycles. The van der Waals surface area contributed by atoms with E-state index in [0.717, 1.165) is 0 Å². The molecule has 0 fully saturated rings. The van der Waals surface area contributed by atoms with E-state index in [9.17, 15) is 9.90 Å². The standard InChI is InChI=1S/C12H19N3O2/c1-7(2)11(16)6-15-10-4-3-8(12(14)17)5-9(10)13/h3-5,7,11,15-16H,6,13H2,1-2H3,(H2,14,17). The molecule has 0 aliphatic heterocycles. The van der Waals surface area contributed by atoms with E-state index in [1.807, 2.05) is 13.8 Å². The van der Waals surface area contributed by atoms with Crippen molar-refractivity contribution < 1.29 is 9.90 Å². The van der Waals surface area contributed by atoms with Crippen LogP contribution in [0.5, 0.6) is 0 Å². The summed E-state index contributed by atoms with van der Waals surface area (Å²) in [4.78, 5) is 10.9. The fraction of sp³-hybridized carbons (Fsp3) is 0.417. The van der Waals surface area contributed by atoms with Gasteiger partial charge >= 0.3 is 0 Å². The zero-order valence-corrected chi connectivity index (χ0v) is 10.1. The number of hydrogen-bond donors (Lipinski definition) is 4. The van der Waals surface area contributed by atoms with E-state index in [1.165, 1.54) is 6.07 Å². The third-order valence-electron chi connectivity index (χ3n) is 2.61. The summed E-state index contributed by atoms with van der Waals surface area (Å²) >= 11 is 0. The van der Waals surface area contributed by atoms with Crippen molar-refractivity contribution in [2.75, 3.05) is 17.6 Å². The molecule has 0 saturated carbocycles. The molecule has 1 amide bonds. The Labute approximate surface area is 101 Å². The number of amides is 1. The zero-order chi connectivity index (χ0) is 13.0. The summed E-state index contributed by atoms with van der Waals surface area (Å²) in [5, 5.41) is 12.7. The molecule has 0 aliphatic carbocycles. The second-order valence-electron chi connectivity index (χ2n) is 4.36. The maximum absolute atomic E-state index is 10.9. The molecule has 0 radical (unpaired) electrons. The third-order valence-corrected chi connectivity index (χ3v) is 2.61. The molecule has 17 heavy (non-hydrogen) atoms. The maximum atomic E-state index is 10.9. The highest BCUT2D eigenvalue weighted by atomic mass is 16.3. The van der Waals surface area contributed by atoms with E-state index >= 15 is 0 Å². The van der Waals surface area contributed by atoms with Gasteiger partial charge < -0.3 is 21.9 Å². The number of aliphatic hydroxyl groups excluding tert-OH is 1. The van der Waals surface area contributed by atoms with Gasteiger partial charge in [-0.3, -0.25) is 4.79 Å². The number of carbonyl (C=O) groups excluding carboxylic acids is 1. The summed E-state index contributed by atoms with van der Waals surface area (Å²) in [6, 6.07) is 4.80. The van der Waals surface area contributed by atoms with Crippen LogP contribution in [0.3, 0.4) is 0 Å². The highest BCUT2D eigenvalue weighted by molar-refractivity contribution is 5.94. The predicted molar refractivity (Wildman–Crippen MR) is 68.7 cm³/mol. The van der Waals surface area contributed by atoms with Gasteiger partial charge in [0, 0.05) is 12.1 Å². The van der Waals surface area contributed by atoms with Crippen LogP contribution in [0.4, 0.5) is 11.4 Å². The van der Waals surface area contributed by atoms with Crippen molar-refractivity contribution >= 4 is 17.3 Å². The van der Waals surface area contributed by atoms with Gasteiger partial charge in [-0.2, -0.15) is 0 Å². The number of nitrogens with one attached hydrogen (secondary N) is 1. The Kier molecular flexibility index (Phi) is 4.34. The van der Waals surface area contributed by atoms with Crippen molar-refractivity contribution in [2.45, 2.75) is 20.0 Å². The summed E-state index contributed by atoms with van der Waals surface area (Å²) in [6.45, 7) is 4.29. The fourth-order valence-corrected chi connectivity index (χ4v) is 1.33. The lowest BCUT2D eigenvalue weighted by Crippen LogP contribution is -2.25. The minimum atomic E-state index is -0.509. The quantitative estimate of drug-likeness (QED) is 0.569. The Morgan fingerprint density at radius 1 is 1.47 bits per heavy atom. The second kappa shape index (κ2) is 5.54. The molecule has 5 heteroatoms. The molecule has 0 aromatic heterocycles. The SMILES string of the molecule is CC(C)C(O)CNc1ccc(C(N)=O)cc1N. The van der Waals surface area contributed by atoms with E-state index in [4.69, 9.17) is 11.5 Å². The first-order valence-electron chi connectivity index (χ1n) is 5.53. The summed E-state index contributed by atoms with van der Waals surface area (Å²) in [7, 11) is 0. The summed E-state index contributed by atoms with van der Waals surface area (Å²) in [5.74, 6) is -0.334. The molecule has 5 nitrogen and oxygen atoms in total. The van der Waals surface area contributed by atoms with E-state index in [2.05, 4.69) is 5.32 Å². The van der Waals surface area contributed by atoms with Crippen LogP contribution in [-0.2, 0) is 0 Å². The Balaban J connectivity index is 2.70. The van der Waals surface area contributed by atoms with Gasteiger partial charge in [-0.15, -0.1) is 0 Å². The lowest BCUT2D eigenvalue weighted by molar-refractivity contribution is 0.100. The van der Waals surface area contributed by atoms with Crippen LogP contribution in [-0.4, -0.2) is 23.7 Å². The largest absolute Gasteiger partial charge is 0.397 e. The van der Waals surface area contributed by atoms with Crippen molar-refractivity contribution in [1.82, 2.24) is 0 Å². The van der Waals surface area contributed by atoms with Crippen LogP contribution >= 0.6 is 0 Å². The van der Waals surface area contributed by atoms with Gasteiger partial charge in [0.2, 0.25) is 5.91 Å². The van der Waals surface area contributed by atoms with Crippen molar-refractivity contribution in [1.29, 1.82) is 0 Å². The molecule has 0 saturated heterocycles. The monoisotopic (exact) mass is 237 g/mol. The zero-order valence-electron chi connectivity index (χ0n) is 10.1. The van der Waals surface area contributed by atoms with E-state index < -0.39 is 12.0 Å². The van der Waals surface area contributed by atoms with E-state index in [0.29, 0.717) is 23.5 Å². The van der Waals surface area contributed by atoms with Crippen LogP contribution < -0.4 is 16.8 Å². The molecule has 0 bridgehead atoms. The van der Waals surface area contributed by atoms with Crippen molar-refractivity contribution in [2.24, 2.45) is 11.7 Å². The molecule has 1 atom stereocenters. The molecule has 1 aromatic rings. The van der Waals surface area contributed by atoms with Gasteiger partial charge in [0.05, 0.1) is 17.5 Å². The minimum absolute atomic E-state index is 0.175.